The molecule has 5 heteroatoms. The van der Waals surface area contributed by atoms with Gasteiger partial charge < -0.3 is 10.2 Å². The molecule has 20 heavy (non-hydrogen) atoms. The van der Waals surface area contributed by atoms with Gasteiger partial charge in [-0.25, -0.2) is 8.78 Å². The summed E-state index contributed by atoms with van der Waals surface area (Å²) in [5, 5.41) is 3.20. The molecule has 1 amide bonds. The van der Waals surface area contributed by atoms with Gasteiger partial charge in [0.05, 0.1) is 0 Å². The van der Waals surface area contributed by atoms with Gasteiger partial charge in [-0.3, -0.25) is 4.79 Å². The first-order valence-electron chi connectivity index (χ1n) is 6.86. The summed E-state index contributed by atoms with van der Waals surface area (Å²) in [5.41, 5.74) is -0.145. The monoisotopic (exact) mass is 282 g/mol. The minimum Gasteiger partial charge on any atom is -0.338 e. The summed E-state index contributed by atoms with van der Waals surface area (Å²) in [4.78, 5) is 13.9. The van der Waals surface area contributed by atoms with Crippen molar-refractivity contribution in [2.45, 2.75) is 26.3 Å². The number of aryl methyl sites for hydroxylation is 1. The quantitative estimate of drug-likeness (QED) is 0.903. The maximum Gasteiger partial charge on any atom is 0.259 e. The van der Waals surface area contributed by atoms with E-state index in [9.17, 15) is 13.6 Å². The molecule has 2 atom stereocenters. The number of carbonyl (C=O) groups is 1. The molecule has 1 aromatic rings. The van der Waals surface area contributed by atoms with Crippen molar-refractivity contribution in [3.05, 3.63) is 34.9 Å². The molecular weight excluding hydrogens is 262 g/mol. The van der Waals surface area contributed by atoms with Crippen LogP contribution in [-0.4, -0.2) is 37.0 Å². The Labute approximate surface area is 118 Å². The summed E-state index contributed by atoms with van der Waals surface area (Å²) in [6.45, 7) is 4.59. The van der Waals surface area contributed by atoms with Gasteiger partial charge in [0.2, 0.25) is 0 Å². The maximum absolute atomic E-state index is 14.0. The zero-order valence-corrected chi connectivity index (χ0v) is 12.0. The van der Waals surface area contributed by atoms with Gasteiger partial charge in [0.25, 0.3) is 5.91 Å². The molecule has 0 radical (unpaired) electrons. The highest BCUT2D eigenvalue weighted by atomic mass is 19.1. The molecule has 110 valence electrons. The van der Waals surface area contributed by atoms with Crippen molar-refractivity contribution < 1.29 is 13.6 Å². The second-order valence-corrected chi connectivity index (χ2v) is 5.47. The van der Waals surface area contributed by atoms with E-state index in [-0.39, 0.29) is 11.5 Å². The van der Waals surface area contributed by atoms with Gasteiger partial charge in [-0.1, -0.05) is 13.0 Å². The molecule has 0 saturated carbocycles. The number of hydrogen-bond donors (Lipinski definition) is 1. The molecule has 1 N–H and O–H groups in total. The zero-order chi connectivity index (χ0) is 14.9. The van der Waals surface area contributed by atoms with E-state index >= 15 is 0 Å². The third-order valence-electron chi connectivity index (χ3n) is 4.06. The van der Waals surface area contributed by atoms with Crippen LogP contribution in [-0.2, 0) is 0 Å². The first kappa shape index (κ1) is 14.9. The third kappa shape index (κ3) is 2.68. The number of rotatable bonds is 2. The van der Waals surface area contributed by atoms with Crippen LogP contribution in [0.5, 0.6) is 0 Å². The second kappa shape index (κ2) is 5.87. The van der Waals surface area contributed by atoms with E-state index in [0.29, 0.717) is 19.1 Å². The van der Waals surface area contributed by atoms with E-state index in [1.54, 1.807) is 4.90 Å². The fourth-order valence-electron chi connectivity index (χ4n) is 2.77. The lowest BCUT2D eigenvalue weighted by Crippen LogP contribution is -2.49. The SMILES string of the molecule is CNC1CCN(C(=O)c2c(F)ccc(C)c2F)CC1C. The molecule has 1 aliphatic rings. The fraction of sp³-hybridized carbons (Fsp3) is 0.533. The predicted molar refractivity (Wildman–Crippen MR) is 73.6 cm³/mol. The normalized spacial score (nSPS) is 22.9. The Balaban J connectivity index is 2.23. The van der Waals surface area contributed by atoms with Crippen LogP contribution in [0.2, 0.25) is 0 Å². The number of carbonyl (C=O) groups excluding carboxylic acids is 1. The van der Waals surface area contributed by atoms with Gasteiger partial charge in [0, 0.05) is 19.1 Å². The standard InChI is InChI=1S/C15H20F2N2O/c1-9-4-5-11(16)13(14(9)17)15(20)19-7-6-12(18-3)10(2)8-19/h4-5,10,12,18H,6-8H2,1-3H3. The van der Waals surface area contributed by atoms with Crippen molar-refractivity contribution in [1.29, 1.82) is 0 Å². The van der Waals surface area contributed by atoms with Crippen molar-refractivity contribution in [2.75, 3.05) is 20.1 Å². The predicted octanol–water partition coefficient (Wildman–Crippen LogP) is 2.34. The van der Waals surface area contributed by atoms with E-state index < -0.39 is 23.1 Å². The van der Waals surface area contributed by atoms with Gasteiger partial charge in [0.15, 0.2) is 0 Å². The zero-order valence-electron chi connectivity index (χ0n) is 12.0. The maximum atomic E-state index is 14.0. The minimum atomic E-state index is -0.790. The first-order chi connectivity index (χ1) is 9.45. The molecule has 1 heterocycles. The molecule has 2 unspecified atom stereocenters. The van der Waals surface area contributed by atoms with Gasteiger partial charge in [-0.15, -0.1) is 0 Å². The number of hydrogen-bond acceptors (Lipinski definition) is 2. The van der Waals surface area contributed by atoms with Crippen LogP contribution in [0.4, 0.5) is 8.78 Å². The first-order valence-corrected chi connectivity index (χ1v) is 6.86. The smallest absolute Gasteiger partial charge is 0.259 e. The Morgan fingerprint density at radius 1 is 1.40 bits per heavy atom. The number of likely N-dealkylation sites (tertiary alicyclic amines) is 1. The summed E-state index contributed by atoms with van der Waals surface area (Å²) in [6, 6.07) is 2.83. The average Bonchev–Trinajstić information content (AvgIpc) is 2.43. The molecule has 0 spiro atoms. The molecule has 3 nitrogen and oxygen atoms in total. The van der Waals surface area contributed by atoms with Crippen molar-refractivity contribution in [3.63, 3.8) is 0 Å². The van der Waals surface area contributed by atoms with Crippen molar-refractivity contribution in [3.8, 4) is 0 Å². The lowest BCUT2D eigenvalue weighted by atomic mass is 9.93. The van der Waals surface area contributed by atoms with Crippen LogP contribution in [0.3, 0.4) is 0 Å². The van der Waals surface area contributed by atoms with Crippen LogP contribution in [0.1, 0.15) is 29.3 Å². The highest BCUT2D eigenvalue weighted by Crippen LogP contribution is 2.22. The van der Waals surface area contributed by atoms with Crippen LogP contribution >= 0.6 is 0 Å². The topological polar surface area (TPSA) is 32.3 Å². The number of halogens is 2. The molecular formula is C15H20F2N2O. The molecule has 0 bridgehead atoms. The molecule has 1 fully saturated rings. The Morgan fingerprint density at radius 3 is 2.70 bits per heavy atom. The molecule has 1 aliphatic heterocycles. The molecule has 1 saturated heterocycles. The van der Waals surface area contributed by atoms with Gasteiger partial charge >= 0.3 is 0 Å². The summed E-state index contributed by atoms with van der Waals surface area (Å²) < 4.78 is 27.8. The lowest BCUT2D eigenvalue weighted by Gasteiger charge is -2.37. The van der Waals surface area contributed by atoms with Gasteiger partial charge in [0.1, 0.15) is 17.2 Å². The molecule has 0 aliphatic carbocycles. The lowest BCUT2D eigenvalue weighted by molar-refractivity contribution is 0.0639. The van der Waals surface area contributed by atoms with Crippen molar-refractivity contribution >= 4 is 5.91 Å². The number of amides is 1. The second-order valence-electron chi connectivity index (χ2n) is 5.47. The average molecular weight is 282 g/mol. The Kier molecular flexibility index (Phi) is 4.38. The van der Waals surface area contributed by atoms with E-state index in [2.05, 4.69) is 5.32 Å². The largest absolute Gasteiger partial charge is 0.338 e. The summed E-state index contributed by atoms with van der Waals surface area (Å²) in [5.74, 6) is -1.83. The summed E-state index contributed by atoms with van der Waals surface area (Å²) >= 11 is 0. The molecule has 1 aromatic carbocycles. The van der Waals surface area contributed by atoms with Crippen LogP contribution in [0.25, 0.3) is 0 Å². The van der Waals surface area contributed by atoms with Crippen LogP contribution in [0.15, 0.2) is 12.1 Å². The van der Waals surface area contributed by atoms with Gasteiger partial charge in [-0.2, -0.15) is 0 Å². The number of piperidine rings is 1. The highest BCUT2D eigenvalue weighted by Gasteiger charge is 2.31. The summed E-state index contributed by atoms with van der Waals surface area (Å²) in [6.07, 6.45) is 0.790. The molecule has 2 rings (SSSR count). The van der Waals surface area contributed by atoms with E-state index in [1.165, 1.54) is 13.0 Å². The van der Waals surface area contributed by atoms with Crippen molar-refractivity contribution in [1.82, 2.24) is 10.2 Å². The van der Waals surface area contributed by atoms with Crippen LogP contribution < -0.4 is 5.32 Å². The van der Waals surface area contributed by atoms with Gasteiger partial charge in [-0.05, 0) is 37.9 Å². The van der Waals surface area contributed by atoms with E-state index in [1.807, 2.05) is 14.0 Å². The minimum absolute atomic E-state index is 0.258. The number of nitrogens with zero attached hydrogens (tertiary/aromatic N) is 1. The van der Waals surface area contributed by atoms with Crippen molar-refractivity contribution in [2.24, 2.45) is 5.92 Å². The van der Waals surface area contributed by atoms with E-state index in [0.717, 1.165) is 12.5 Å². The van der Waals surface area contributed by atoms with E-state index in [4.69, 9.17) is 0 Å². The highest BCUT2D eigenvalue weighted by molar-refractivity contribution is 5.95. The number of nitrogens with one attached hydrogen (secondary N) is 1. The van der Waals surface area contributed by atoms with Crippen LogP contribution in [0, 0.1) is 24.5 Å². The Bertz CT molecular complexity index is 519. The summed E-state index contributed by atoms with van der Waals surface area (Å²) in [7, 11) is 1.89. The fourth-order valence-corrected chi connectivity index (χ4v) is 2.77. The number of benzene rings is 1. The molecule has 0 aromatic heterocycles. The Morgan fingerprint density at radius 2 is 2.10 bits per heavy atom. The third-order valence-corrected chi connectivity index (χ3v) is 4.06. The Hall–Kier alpha value is -1.49.